The summed E-state index contributed by atoms with van der Waals surface area (Å²) in [5.74, 6) is 5.71. The average molecular weight is 447 g/mol. The molecule has 2 N–H and O–H groups in total. The van der Waals surface area contributed by atoms with E-state index >= 15 is 0 Å². The quantitative estimate of drug-likeness (QED) is 0.704. The molecule has 1 aliphatic heterocycles. The number of halogens is 1. The van der Waals surface area contributed by atoms with Gasteiger partial charge in [-0.1, -0.05) is 18.8 Å². The Morgan fingerprint density at radius 2 is 1.87 bits per heavy atom. The zero-order valence-corrected chi connectivity index (χ0v) is 18.6. The average Bonchev–Trinajstić information content (AvgIpc) is 2.75. The van der Waals surface area contributed by atoms with Gasteiger partial charge in [0.15, 0.2) is 0 Å². The summed E-state index contributed by atoms with van der Waals surface area (Å²) in [6.07, 6.45) is -0.270. The number of nitrogens with zero attached hydrogens (tertiary/aromatic N) is 1. The fourth-order valence-electron chi connectivity index (χ4n) is 3.43. The van der Waals surface area contributed by atoms with Crippen LogP contribution in [0.2, 0.25) is 0 Å². The van der Waals surface area contributed by atoms with Crippen LogP contribution in [0.5, 0.6) is 5.75 Å². The molecule has 8 heteroatoms. The Bertz CT molecular complexity index is 1080. The lowest BCUT2D eigenvalue weighted by atomic mass is 10.0. The Morgan fingerprint density at radius 3 is 2.52 bits per heavy atom. The van der Waals surface area contributed by atoms with Gasteiger partial charge in [0.05, 0.1) is 6.61 Å². The summed E-state index contributed by atoms with van der Waals surface area (Å²) in [4.78, 5) is 0.0492. The molecule has 2 aromatic rings. The molecule has 166 valence electrons. The summed E-state index contributed by atoms with van der Waals surface area (Å²) in [6, 6.07) is 9.99. The molecule has 0 aromatic heterocycles. The van der Waals surface area contributed by atoms with E-state index in [1.54, 1.807) is 31.2 Å². The molecule has 0 radical (unpaired) electrons. The monoisotopic (exact) mass is 446 g/mol. The Kier molecular flexibility index (Phi) is 7.34. The van der Waals surface area contributed by atoms with E-state index in [2.05, 4.69) is 17.2 Å². The van der Waals surface area contributed by atoms with Crippen molar-refractivity contribution < 1.29 is 22.7 Å². The first-order valence-electron chi connectivity index (χ1n) is 10.1. The second kappa shape index (κ2) is 9.79. The van der Waals surface area contributed by atoms with Gasteiger partial charge in [0, 0.05) is 36.2 Å². The molecule has 0 unspecified atom stereocenters. The molecule has 6 nitrogen and oxygen atoms in total. The summed E-state index contributed by atoms with van der Waals surface area (Å²) < 4.78 is 47.3. The van der Waals surface area contributed by atoms with Crippen molar-refractivity contribution in [2.45, 2.75) is 30.9 Å². The molecule has 0 spiro atoms. The van der Waals surface area contributed by atoms with Gasteiger partial charge < -0.3 is 15.2 Å². The van der Waals surface area contributed by atoms with Crippen molar-refractivity contribution in [3.05, 3.63) is 59.4 Å². The lowest BCUT2D eigenvalue weighted by molar-refractivity contribution is 0.103. The lowest BCUT2D eigenvalue weighted by Gasteiger charge is -2.36. The predicted octanol–water partition coefficient (Wildman–Crippen LogP) is 2.21. The van der Waals surface area contributed by atoms with Crippen molar-refractivity contribution in [1.82, 2.24) is 9.62 Å². The van der Waals surface area contributed by atoms with Crippen molar-refractivity contribution in [2.75, 3.05) is 26.7 Å². The standard InChI is InChI=1S/C23H27FN2O4S/c1-16-14-26(17(2)15-27)31(28,29)23-11-8-19(12-21(23)30-22(16)13-25-3)5-4-18-6-9-20(24)10-7-18/h6-12,16-17,22,25,27H,13-15H2,1-3H3/t16-,17-,22+/m0/s1. The smallest absolute Gasteiger partial charge is 0.247 e. The number of fused-ring (bicyclic) bond motifs is 1. The fraction of sp³-hybridized carbons (Fsp3) is 0.391. The van der Waals surface area contributed by atoms with Gasteiger partial charge in [-0.25, -0.2) is 12.8 Å². The van der Waals surface area contributed by atoms with E-state index in [0.717, 1.165) is 0 Å². The van der Waals surface area contributed by atoms with Gasteiger partial charge in [-0.3, -0.25) is 0 Å². The number of nitrogens with one attached hydrogen (secondary N) is 1. The zero-order valence-electron chi connectivity index (χ0n) is 17.8. The number of aliphatic hydroxyl groups excluding tert-OH is 1. The third-order valence-corrected chi connectivity index (χ3v) is 7.29. The second-order valence-corrected chi connectivity index (χ2v) is 9.57. The van der Waals surface area contributed by atoms with Gasteiger partial charge in [-0.2, -0.15) is 4.31 Å². The Hall–Kier alpha value is -2.44. The highest BCUT2D eigenvalue weighted by Crippen LogP contribution is 2.33. The van der Waals surface area contributed by atoms with Gasteiger partial charge in [0.25, 0.3) is 0 Å². The van der Waals surface area contributed by atoms with Crippen LogP contribution in [0.15, 0.2) is 47.4 Å². The summed E-state index contributed by atoms with van der Waals surface area (Å²) >= 11 is 0. The minimum Gasteiger partial charge on any atom is -0.487 e. The number of aliphatic hydroxyl groups is 1. The van der Waals surface area contributed by atoms with Gasteiger partial charge in [0.2, 0.25) is 10.0 Å². The topological polar surface area (TPSA) is 78.9 Å². The number of ether oxygens (including phenoxy) is 1. The molecule has 1 aliphatic rings. The second-order valence-electron chi connectivity index (χ2n) is 7.72. The molecule has 0 saturated heterocycles. The molecule has 0 amide bonds. The highest BCUT2D eigenvalue weighted by molar-refractivity contribution is 7.89. The molecule has 0 bridgehead atoms. The summed E-state index contributed by atoms with van der Waals surface area (Å²) in [5.41, 5.74) is 1.22. The van der Waals surface area contributed by atoms with Crippen LogP contribution >= 0.6 is 0 Å². The Labute approximate surface area is 183 Å². The zero-order chi connectivity index (χ0) is 22.6. The van der Waals surface area contributed by atoms with E-state index in [1.165, 1.54) is 22.5 Å². The molecular weight excluding hydrogens is 419 g/mol. The van der Waals surface area contributed by atoms with E-state index in [0.29, 0.717) is 17.7 Å². The summed E-state index contributed by atoms with van der Waals surface area (Å²) in [6.45, 7) is 4.11. The number of benzene rings is 2. The highest BCUT2D eigenvalue weighted by atomic mass is 32.2. The van der Waals surface area contributed by atoms with Crippen LogP contribution in [0, 0.1) is 23.6 Å². The first-order chi connectivity index (χ1) is 14.8. The largest absolute Gasteiger partial charge is 0.487 e. The van der Waals surface area contributed by atoms with Gasteiger partial charge in [-0.15, -0.1) is 0 Å². The van der Waals surface area contributed by atoms with Crippen molar-refractivity contribution in [1.29, 1.82) is 0 Å². The van der Waals surface area contributed by atoms with Gasteiger partial charge in [0.1, 0.15) is 22.6 Å². The summed E-state index contributed by atoms with van der Waals surface area (Å²) in [5, 5.41) is 12.7. The number of hydrogen-bond acceptors (Lipinski definition) is 5. The van der Waals surface area contributed by atoms with E-state index < -0.39 is 16.1 Å². The normalized spacial score (nSPS) is 21.6. The first-order valence-corrected chi connectivity index (χ1v) is 11.6. The first kappa shape index (κ1) is 23.2. The molecule has 0 saturated carbocycles. The minimum atomic E-state index is -3.88. The third-order valence-electron chi connectivity index (χ3n) is 5.27. The van der Waals surface area contributed by atoms with Crippen molar-refractivity contribution in [3.63, 3.8) is 0 Å². The summed E-state index contributed by atoms with van der Waals surface area (Å²) in [7, 11) is -2.07. The number of sulfonamides is 1. The number of likely N-dealkylation sites (N-methyl/N-ethyl adjacent to an activating group) is 1. The predicted molar refractivity (Wildman–Crippen MR) is 117 cm³/mol. The highest BCUT2D eigenvalue weighted by Gasteiger charge is 2.37. The van der Waals surface area contributed by atoms with Crippen LogP contribution in [0.3, 0.4) is 0 Å². The van der Waals surface area contributed by atoms with Crippen LogP contribution in [0.1, 0.15) is 25.0 Å². The van der Waals surface area contributed by atoms with Gasteiger partial charge in [-0.05, 0) is 56.4 Å². The van der Waals surface area contributed by atoms with Gasteiger partial charge >= 0.3 is 0 Å². The number of rotatable bonds is 4. The van der Waals surface area contributed by atoms with Crippen LogP contribution < -0.4 is 10.1 Å². The maximum Gasteiger partial charge on any atom is 0.247 e. The SMILES string of the molecule is CNC[C@H]1Oc2cc(C#Cc3ccc(F)cc3)ccc2S(=O)(=O)N([C@@H](C)CO)C[C@@H]1C. The maximum atomic E-state index is 13.4. The molecule has 1 heterocycles. The Morgan fingerprint density at radius 1 is 1.23 bits per heavy atom. The minimum absolute atomic E-state index is 0.0492. The van der Waals surface area contributed by atoms with E-state index in [9.17, 15) is 17.9 Å². The molecule has 0 fully saturated rings. The molecule has 3 rings (SSSR count). The fourth-order valence-corrected chi connectivity index (χ4v) is 5.25. The molecule has 2 aromatic carbocycles. The maximum absolute atomic E-state index is 13.4. The van der Waals surface area contributed by atoms with E-state index in [-0.39, 0.29) is 41.6 Å². The van der Waals surface area contributed by atoms with Crippen LogP contribution in [-0.4, -0.2) is 56.7 Å². The molecule has 0 aliphatic carbocycles. The van der Waals surface area contributed by atoms with Crippen LogP contribution in [0.25, 0.3) is 0 Å². The lowest BCUT2D eigenvalue weighted by Crippen LogP contribution is -2.49. The molecular formula is C23H27FN2O4S. The van der Waals surface area contributed by atoms with Crippen molar-refractivity contribution >= 4 is 10.0 Å². The third kappa shape index (κ3) is 5.25. The Balaban J connectivity index is 2.06. The van der Waals surface area contributed by atoms with Crippen molar-refractivity contribution in [2.24, 2.45) is 5.92 Å². The molecule has 31 heavy (non-hydrogen) atoms. The molecule has 3 atom stereocenters. The van der Waals surface area contributed by atoms with E-state index in [4.69, 9.17) is 4.74 Å². The van der Waals surface area contributed by atoms with Crippen molar-refractivity contribution in [3.8, 4) is 17.6 Å². The van der Waals surface area contributed by atoms with Crippen LogP contribution in [0.4, 0.5) is 4.39 Å². The van der Waals surface area contributed by atoms with E-state index in [1.807, 2.05) is 14.0 Å². The van der Waals surface area contributed by atoms with Crippen LogP contribution in [-0.2, 0) is 10.0 Å². The number of hydrogen-bond donors (Lipinski definition) is 2.